The van der Waals surface area contributed by atoms with Crippen LogP contribution in [0.25, 0.3) is 11.1 Å². The van der Waals surface area contributed by atoms with Crippen LogP contribution in [0.1, 0.15) is 47.8 Å². The lowest BCUT2D eigenvalue weighted by Gasteiger charge is -2.44. The molecule has 150 valence electrons. The van der Waals surface area contributed by atoms with Gasteiger partial charge in [0.1, 0.15) is 5.84 Å². The van der Waals surface area contributed by atoms with E-state index >= 15 is 0 Å². The Morgan fingerprint density at radius 2 is 2.00 bits per heavy atom. The molecule has 2 aliphatic carbocycles. The highest BCUT2D eigenvalue weighted by atomic mass is 35.5. The molecular formula is C23H25ClN4O. The lowest BCUT2D eigenvalue weighted by atomic mass is 9.65. The average molecular weight is 412 g/mol. The topological polar surface area (TPSA) is 72.9 Å². The van der Waals surface area contributed by atoms with Gasteiger partial charge in [-0.3, -0.25) is 9.98 Å². The molecule has 1 saturated carbocycles. The van der Waals surface area contributed by atoms with Crippen molar-refractivity contribution < 1.29 is 8.85 Å². The van der Waals surface area contributed by atoms with Crippen LogP contribution in [0.5, 0.6) is 0 Å². The standard InChI is InChI=1S/C23H25ClN4O/c1-14-21(25)28-23(27-14)20-10-15(17-9-18(24)13-26-12-17)3-4-16(20)11-22(23)7-5-19(29-2)6-8-22/h3-4,9-10,12-13,19H,5-8,11H2,1-2H3,(H2,25,28)/t19-,22-,23?/i2D3. The third-order valence-electron chi connectivity index (χ3n) is 6.83. The highest BCUT2D eigenvalue weighted by molar-refractivity contribution is 6.41. The molecule has 2 heterocycles. The van der Waals surface area contributed by atoms with Crippen LogP contribution in [0.2, 0.25) is 5.02 Å². The van der Waals surface area contributed by atoms with Crippen LogP contribution in [0.4, 0.5) is 0 Å². The summed E-state index contributed by atoms with van der Waals surface area (Å²) >= 11 is 6.17. The number of hydrogen-bond donors (Lipinski definition) is 1. The summed E-state index contributed by atoms with van der Waals surface area (Å²) in [5, 5.41) is 0.582. The second-order valence-electron chi connectivity index (χ2n) is 8.40. The van der Waals surface area contributed by atoms with E-state index in [0.29, 0.717) is 23.7 Å². The molecule has 0 amide bonds. The van der Waals surface area contributed by atoms with Gasteiger partial charge in [-0.2, -0.15) is 0 Å². The summed E-state index contributed by atoms with van der Waals surface area (Å²) < 4.78 is 27.7. The van der Waals surface area contributed by atoms with Gasteiger partial charge in [0.15, 0.2) is 5.66 Å². The van der Waals surface area contributed by atoms with E-state index in [-0.39, 0.29) is 11.5 Å². The molecule has 0 saturated heterocycles. The van der Waals surface area contributed by atoms with E-state index in [1.165, 1.54) is 5.56 Å². The van der Waals surface area contributed by atoms with Crippen molar-refractivity contribution in [3.8, 4) is 11.1 Å². The first-order valence-electron chi connectivity index (χ1n) is 11.5. The third kappa shape index (κ3) is 2.75. The molecule has 0 radical (unpaired) electrons. The largest absolute Gasteiger partial charge is 0.382 e. The highest BCUT2D eigenvalue weighted by Crippen LogP contribution is 2.62. The number of halogens is 1. The van der Waals surface area contributed by atoms with E-state index in [4.69, 9.17) is 36.2 Å². The summed E-state index contributed by atoms with van der Waals surface area (Å²) in [6.07, 6.45) is 6.80. The first-order valence-corrected chi connectivity index (χ1v) is 10.3. The Kier molecular flexibility index (Phi) is 3.57. The van der Waals surface area contributed by atoms with E-state index in [1.807, 2.05) is 13.0 Å². The van der Waals surface area contributed by atoms with Crippen molar-refractivity contribution in [2.45, 2.75) is 50.8 Å². The number of hydrogen-bond acceptors (Lipinski definition) is 5. The molecule has 6 heteroatoms. The number of nitrogens with two attached hydrogens (primary N) is 1. The number of amidine groups is 1. The summed E-state index contributed by atoms with van der Waals surface area (Å²) in [6, 6.07) is 8.26. The Labute approximate surface area is 180 Å². The molecule has 1 aromatic heterocycles. The van der Waals surface area contributed by atoms with Crippen LogP contribution in [0.15, 0.2) is 46.6 Å². The minimum absolute atomic E-state index is 0.252. The van der Waals surface area contributed by atoms with Crippen LogP contribution in [0.3, 0.4) is 0 Å². The molecule has 2 spiro atoms. The van der Waals surface area contributed by atoms with Gasteiger partial charge in [0.05, 0.1) is 21.0 Å². The lowest BCUT2D eigenvalue weighted by molar-refractivity contribution is -0.000372. The predicted molar refractivity (Wildman–Crippen MR) is 116 cm³/mol. The van der Waals surface area contributed by atoms with Crippen molar-refractivity contribution in [3.05, 3.63) is 52.8 Å². The number of rotatable bonds is 2. The molecular weight excluding hydrogens is 384 g/mol. The molecule has 29 heavy (non-hydrogen) atoms. The van der Waals surface area contributed by atoms with Crippen molar-refractivity contribution in [1.29, 1.82) is 0 Å². The molecule has 1 unspecified atom stereocenters. The number of aromatic nitrogens is 1. The molecule has 2 N–H and O–H groups in total. The van der Waals surface area contributed by atoms with E-state index in [2.05, 4.69) is 23.2 Å². The van der Waals surface area contributed by atoms with Gasteiger partial charge in [0.25, 0.3) is 0 Å². The smallest absolute Gasteiger partial charge is 0.184 e. The van der Waals surface area contributed by atoms with Gasteiger partial charge in [-0.25, -0.2) is 4.99 Å². The van der Waals surface area contributed by atoms with Gasteiger partial charge in [-0.15, -0.1) is 0 Å². The fraction of sp³-hybridized carbons (Fsp3) is 0.435. The van der Waals surface area contributed by atoms with Crippen molar-refractivity contribution in [2.24, 2.45) is 21.1 Å². The zero-order valence-corrected chi connectivity index (χ0v) is 17.0. The molecule has 3 aliphatic rings. The van der Waals surface area contributed by atoms with Crippen LogP contribution in [0, 0.1) is 5.41 Å². The SMILES string of the molecule is [2H]C([2H])([2H])O[C@H]1CC[C@]2(CC1)Cc1ccc(-c3cncc(Cl)c3)cc1C21N=C(C)C(N)=N1. The fourth-order valence-corrected chi connectivity index (χ4v) is 5.48. The third-order valence-corrected chi connectivity index (χ3v) is 7.04. The molecule has 1 fully saturated rings. The molecule has 0 bridgehead atoms. The predicted octanol–water partition coefficient (Wildman–Crippen LogP) is 4.52. The molecule has 5 rings (SSSR count). The lowest BCUT2D eigenvalue weighted by Crippen LogP contribution is -2.43. The number of benzene rings is 1. The first kappa shape index (κ1) is 15.6. The molecule has 1 aromatic carbocycles. The number of fused-ring (bicyclic) bond motifs is 3. The Bertz CT molecular complexity index is 1120. The molecule has 5 nitrogen and oxygen atoms in total. The summed E-state index contributed by atoms with van der Waals surface area (Å²) in [4.78, 5) is 14.3. The van der Waals surface area contributed by atoms with Crippen molar-refractivity contribution >= 4 is 23.1 Å². The summed E-state index contributed by atoms with van der Waals surface area (Å²) in [5.41, 5.74) is 10.2. The van der Waals surface area contributed by atoms with Gasteiger partial charge in [-0.05, 0) is 62.3 Å². The second-order valence-corrected chi connectivity index (χ2v) is 8.84. The zero-order chi connectivity index (χ0) is 22.7. The van der Waals surface area contributed by atoms with Crippen LogP contribution >= 0.6 is 11.6 Å². The first-order chi connectivity index (χ1) is 15.1. The van der Waals surface area contributed by atoms with Crippen molar-refractivity contribution in [1.82, 2.24) is 4.98 Å². The normalized spacial score (nSPS) is 32.5. The zero-order valence-electron chi connectivity index (χ0n) is 19.3. The summed E-state index contributed by atoms with van der Waals surface area (Å²) in [6.45, 7) is 1.90. The monoisotopic (exact) mass is 411 g/mol. The highest BCUT2D eigenvalue weighted by Gasteiger charge is 2.60. The summed E-state index contributed by atoms with van der Waals surface area (Å²) in [5.74, 6) is 0.466. The molecule has 1 aliphatic heterocycles. The summed E-state index contributed by atoms with van der Waals surface area (Å²) in [7, 11) is -2.38. The van der Waals surface area contributed by atoms with E-state index in [1.54, 1.807) is 12.4 Å². The van der Waals surface area contributed by atoms with Crippen molar-refractivity contribution in [2.75, 3.05) is 7.04 Å². The number of nitrogens with zero attached hydrogens (tertiary/aromatic N) is 3. The maximum Gasteiger partial charge on any atom is 0.184 e. The number of aliphatic imine (C=N–C) groups is 2. The van der Waals surface area contributed by atoms with Gasteiger partial charge in [-0.1, -0.05) is 23.7 Å². The minimum atomic E-state index is -2.38. The minimum Gasteiger partial charge on any atom is -0.382 e. The van der Waals surface area contributed by atoms with Crippen LogP contribution in [-0.2, 0) is 16.8 Å². The van der Waals surface area contributed by atoms with Crippen LogP contribution in [-0.4, -0.2) is 29.7 Å². The van der Waals surface area contributed by atoms with Gasteiger partial charge < -0.3 is 10.5 Å². The molecule has 1 atom stereocenters. The number of methoxy groups -OCH3 is 1. The quantitative estimate of drug-likeness (QED) is 0.789. The Morgan fingerprint density at radius 3 is 2.69 bits per heavy atom. The van der Waals surface area contributed by atoms with E-state index in [0.717, 1.165) is 41.7 Å². The Hall–Kier alpha value is -2.24. The number of pyridine rings is 1. The maximum atomic E-state index is 7.44. The number of ether oxygens (including phenoxy) is 1. The van der Waals surface area contributed by atoms with Crippen molar-refractivity contribution in [3.63, 3.8) is 0 Å². The Morgan fingerprint density at radius 1 is 1.17 bits per heavy atom. The molecule has 2 aromatic rings. The van der Waals surface area contributed by atoms with Crippen LogP contribution < -0.4 is 5.73 Å². The second kappa shape index (κ2) is 6.64. The van der Waals surface area contributed by atoms with Gasteiger partial charge in [0.2, 0.25) is 0 Å². The Balaban J connectivity index is 1.56. The van der Waals surface area contributed by atoms with Gasteiger partial charge in [0, 0.05) is 36.0 Å². The average Bonchev–Trinajstić information content (AvgIpc) is 3.16. The van der Waals surface area contributed by atoms with E-state index < -0.39 is 12.7 Å². The maximum absolute atomic E-state index is 7.44. The van der Waals surface area contributed by atoms with E-state index in [9.17, 15) is 0 Å². The van der Waals surface area contributed by atoms with Gasteiger partial charge >= 0.3 is 0 Å². The fourth-order valence-electron chi connectivity index (χ4n) is 5.30.